The van der Waals surface area contributed by atoms with Gasteiger partial charge in [0.05, 0.1) is 16.6 Å². The molecule has 0 aliphatic heterocycles. The molecular formula is C10H9F3N2. The third kappa shape index (κ3) is 1.69. The van der Waals surface area contributed by atoms with E-state index in [9.17, 15) is 13.2 Å². The lowest BCUT2D eigenvalue weighted by Gasteiger charge is -2.07. The van der Waals surface area contributed by atoms with Crippen LogP contribution in [0.3, 0.4) is 0 Å². The molecule has 1 aromatic carbocycles. The molecule has 0 fully saturated rings. The minimum atomic E-state index is -4.31. The molecule has 2 nitrogen and oxygen atoms in total. The molecule has 5 heteroatoms. The van der Waals surface area contributed by atoms with Crippen LogP contribution in [-0.2, 0) is 6.18 Å². The van der Waals surface area contributed by atoms with Crippen molar-refractivity contribution in [3.05, 3.63) is 29.1 Å². The Balaban J connectivity index is 2.72. The molecule has 80 valence electrons. The lowest BCUT2D eigenvalue weighted by Crippen LogP contribution is -2.05. The van der Waals surface area contributed by atoms with Crippen LogP contribution in [0.15, 0.2) is 12.1 Å². The molecule has 2 rings (SSSR count). The number of rotatable bonds is 0. The lowest BCUT2D eigenvalue weighted by atomic mass is 10.1. The molecule has 1 aromatic heterocycles. The zero-order chi connectivity index (χ0) is 11.2. The molecule has 0 spiro atoms. The third-order valence-corrected chi connectivity index (χ3v) is 2.22. The van der Waals surface area contributed by atoms with Gasteiger partial charge in [0, 0.05) is 0 Å². The van der Waals surface area contributed by atoms with Crippen molar-refractivity contribution in [3.8, 4) is 0 Å². The highest BCUT2D eigenvalue weighted by atomic mass is 19.4. The molecule has 15 heavy (non-hydrogen) atoms. The second kappa shape index (κ2) is 2.98. The van der Waals surface area contributed by atoms with E-state index in [1.807, 2.05) is 0 Å². The smallest absolute Gasteiger partial charge is 0.342 e. The number of hydrogen-bond donors (Lipinski definition) is 1. The molecule has 0 bridgehead atoms. The van der Waals surface area contributed by atoms with Gasteiger partial charge in [0.15, 0.2) is 0 Å². The summed E-state index contributed by atoms with van der Waals surface area (Å²) in [6, 6.07) is 2.20. The van der Waals surface area contributed by atoms with Crippen LogP contribution in [0.1, 0.15) is 17.0 Å². The predicted molar refractivity (Wildman–Crippen MR) is 50.6 cm³/mol. The number of fused-ring (bicyclic) bond motifs is 1. The molecular weight excluding hydrogens is 205 g/mol. The summed E-state index contributed by atoms with van der Waals surface area (Å²) in [5, 5.41) is 0. The van der Waals surface area contributed by atoms with Crippen LogP contribution in [0, 0.1) is 13.8 Å². The van der Waals surface area contributed by atoms with E-state index in [4.69, 9.17) is 0 Å². The largest absolute Gasteiger partial charge is 0.416 e. The number of alkyl halides is 3. The number of nitrogens with one attached hydrogen (secondary N) is 1. The van der Waals surface area contributed by atoms with E-state index in [0.29, 0.717) is 22.4 Å². The zero-order valence-corrected chi connectivity index (χ0v) is 8.24. The van der Waals surface area contributed by atoms with E-state index in [2.05, 4.69) is 9.97 Å². The number of nitrogens with zero attached hydrogens (tertiary/aromatic N) is 1. The molecule has 0 aliphatic carbocycles. The summed E-state index contributed by atoms with van der Waals surface area (Å²) >= 11 is 0. The van der Waals surface area contributed by atoms with Gasteiger partial charge in [-0.1, -0.05) is 0 Å². The van der Waals surface area contributed by atoms with Crippen molar-refractivity contribution in [1.29, 1.82) is 0 Å². The van der Waals surface area contributed by atoms with Crippen molar-refractivity contribution in [2.75, 3.05) is 0 Å². The fourth-order valence-electron chi connectivity index (χ4n) is 1.58. The summed E-state index contributed by atoms with van der Waals surface area (Å²) in [6.07, 6.45) is -4.31. The monoisotopic (exact) mass is 214 g/mol. The fourth-order valence-corrected chi connectivity index (χ4v) is 1.58. The molecule has 0 amide bonds. The van der Waals surface area contributed by atoms with Crippen molar-refractivity contribution >= 4 is 11.0 Å². The highest BCUT2D eigenvalue weighted by Gasteiger charge is 2.31. The summed E-state index contributed by atoms with van der Waals surface area (Å²) in [6.45, 7) is 3.34. The van der Waals surface area contributed by atoms with Gasteiger partial charge in [0.2, 0.25) is 0 Å². The molecule has 1 heterocycles. The molecule has 2 aromatic rings. The molecule has 0 saturated carbocycles. The molecule has 0 unspecified atom stereocenters. The Labute approximate surface area is 84.1 Å². The van der Waals surface area contributed by atoms with Gasteiger partial charge < -0.3 is 4.98 Å². The van der Waals surface area contributed by atoms with Crippen molar-refractivity contribution < 1.29 is 13.2 Å². The minimum Gasteiger partial charge on any atom is -0.342 e. The second-order valence-corrected chi connectivity index (χ2v) is 3.51. The summed E-state index contributed by atoms with van der Waals surface area (Å²) < 4.78 is 37.4. The predicted octanol–water partition coefficient (Wildman–Crippen LogP) is 3.20. The SMILES string of the molecule is Cc1nc2c(C)cc(C(F)(F)F)cc2[nH]1. The number of H-pyrrole nitrogens is 1. The topological polar surface area (TPSA) is 28.7 Å². The molecule has 0 saturated heterocycles. The number of imidazole rings is 1. The van der Waals surface area contributed by atoms with E-state index < -0.39 is 11.7 Å². The normalized spacial score (nSPS) is 12.3. The van der Waals surface area contributed by atoms with E-state index >= 15 is 0 Å². The van der Waals surface area contributed by atoms with Crippen molar-refractivity contribution in [3.63, 3.8) is 0 Å². The van der Waals surface area contributed by atoms with E-state index in [0.717, 1.165) is 12.1 Å². The first-order valence-corrected chi connectivity index (χ1v) is 4.42. The van der Waals surface area contributed by atoms with Gasteiger partial charge in [0.25, 0.3) is 0 Å². The number of aryl methyl sites for hydroxylation is 2. The van der Waals surface area contributed by atoms with E-state index in [1.54, 1.807) is 13.8 Å². The summed E-state index contributed by atoms with van der Waals surface area (Å²) in [4.78, 5) is 6.91. The average Bonchev–Trinajstić information content (AvgIpc) is 2.44. The maximum absolute atomic E-state index is 12.5. The fraction of sp³-hybridized carbons (Fsp3) is 0.300. The Morgan fingerprint density at radius 2 is 1.87 bits per heavy atom. The number of aromatic nitrogens is 2. The standard InChI is InChI=1S/C10H9F3N2/c1-5-3-7(10(11,12)13)4-8-9(5)15-6(2)14-8/h3-4H,1-2H3,(H,14,15). The maximum Gasteiger partial charge on any atom is 0.416 e. The van der Waals surface area contributed by atoms with Crippen LogP contribution in [0.25, 0.3) is 11.0 Å². The van der Waals surface area contributed by atoms with Gasteiger partial charge >= 0.3 is 6.18 Å². The Bertz CT molecular complexity index is 511. The van der Waals surface area contributed by atoms with Crippen LogP contribution in [-0.4, -0.2) is 9.97 Å². The highest BCUT2D eigenvalue weighted by Crippen LogP contribution is 2.32. The van der Waals surface area contributed by atoms with Gasteiger partial charge in [-0.3, -0.25) is 0 Å². The van der Waals surface area contributed by atoms with Crippen molar-refractivity contribution in [1.82, 2.24) is 9.97 Å². The van der Waals surface area contributed by atoms with Gasteiger partial charge in [-0.2, -0.15) is 13.2 Å². The van der Waals surface area contributed by atoms with Gasteiger partial charge in [-0.25, -0.2) is 4.98 Å². The third-order valence-electron chi connectivity index (χ3n) is 2.22. The van der Waals surface area contributed by atoms with Crippen molar-refractivity contribution in [2.24, 2.45) is 0 Å². The maximum atomic E-state index is 12.5. The molecule has 1 N–H and O–H groups in total. The van der Waals surface area contributed by atoms with Crippen LogP contribution >= 0.6 is 0 Å². The quantitative estimate of drug-likeness (QED) is 0.716. The highest BCUT2D eigenvalue weighted by molar-refractivity contribution is 5.79. The number of aromatic amines is 1. The summed E-state index contributed by atoms with van der Waals surface area (Å²) in [5.74, 6) is 0.618. The Morgan fingerprint density at radius 3 is 2.47 bits per heavy atom. The number of hydrogen-bond acceptors (Lipinski definition) is 1. The van der Waals surface area contributed by atoms with Gasteiger partial charge in [0.1, 0.15) is 5.82 Å². The number of halogens is 3. The minimum absolute atomic E-state index is 0.430. The Hall–Kier alpha value is -1.52. The van der Waals surface area contributed by atoms with Crippen LogP contribution in [0.2, 0.25) is 0 Å². The van der Waals surface area contributed by atoms with E-state index in [1.165, 1.54) is 0 Å². The van der Waals surface area contributed by atoms with Gasteiger partial charge in [-0.15, -0.1) is 0 Å². The van der Waals surface area contributed by atoms with Crippen molar-refractivity contribution in [2.45, 2.75) is 20.0 Å². The summed E-state index contributed by atoms with van der Waals surface area (Å²) in [5.41, 5.74) is 0.917. The first kappa shape index (κ1) is 10.0. The van der Waals surface area contributed by atoms with Crippen LogP contribution in [0.5, 0.6) is 0 Å². The van der Waals surface area contributed by atoms with Crippen LogP contribution in [0.4, 0.5) is 13.2 Å². The van der Waals surface area contributed by atoms with E-state index in [-0.39, 0.29) is 0 Å². The average molecular weight is 214 g/mol. The molecule has 0 atom stereocenters. The second-order valence-electron chi connectivity index (χ2n) is 3.51. The Morgan fingerprint density at radius 1 is 1.20 bits per heavy atom. The van der Waals surface area contributed by atoms with Crippen LogP contribution < -0.4 is 0 Å². The first-order valence-electron chi connectivity index (χ1n) is 4.42. The Kier molecular flexibility index (Phi) is 1.99. The molecule has 0 aliphatic rings. The first-order chi connectivity index (χ1) is 6.88. The number of benzene rings is 1. The van der Waals surface area contributed by atoms with Gasteiger partial charge in [-0.05, 0) is 31.5 Å². The molecule has 0 radical (unpaired) electrons. The lowest BCUT2D eigenvalue weighted by molar-refractivity contribution is -0.137. The zero-order valence-electron chi connectivity index (χ0n) is 8.24. The summed E-state index contributed by atoms with van der Waals surface area (Å²) in [7, 11) is 0.